The highest BCUT2D eigenvalue weighted by molar-refractivity contribution is 6.05. The molecular formula is C30H42N6O4. The number of piperazine rings is 1. The predicted molar refractivity (Wildman–Crippen MR) is 158 cm³/mol. The van der Waals surface area contributed by atoms with Gasteiger partial charge < -0.3 is 25.0 Å². The molecule has 10 nitrogen and oxygen atoms in total. The van der Waals surface area contributed by atoms with Crippen LogP contribution in [0.3, 0.4) is 0 Å². The zero-order chi connectivity index (χ0) is 28.4. The molecule has 2 aromatic heterocycles. The number of amides is 1. The van der Waals surface area contributed by atoms with Crippen molar-refractivity contribution in [3.8, 4) is 0 Å². The van der Waals surface area contributed by atoms with E-state index in [0.29, 0.717) is 56.0 Å². The fourth-order valence-electron chi connectivity index (χ4n) is 5.70. The van der Waals surface area contributed by atoms with Gasteiger partial charge in [-0.15, -0.1) is 0 Å². The summed E-state index contributed by atoms with van der Waals surface area (Å²) in [4.78, 5) is 40.0. The maximum atomic E-state index is 14.1. The van der Waals surface area contributed by atoms with Crippen LogP contribution in [0, 0.1) is 0 Å². The number of nitrogens with zero attached hydrogens (tertiary/aromatic N) is 5. The first kappa shape index (κ1) is 28.1. The van der Waals surface area contributed by atoms with Gasteiger partial charge in [0.05, 0.1) is 11.5 Å². The molecule has 1 aliphatic heterocycles. The summed E-state index contributed by atoms with van der Waals surface area (Å²) in [5.74, 6) is 0.531. The molecule has 0 bridgehead atoms. The van der Waals surface area contributed by atoms with E-state index in [1.54, 1.807) is 4.90 Å². The quantitative estimate of drug-likeness (QED) is 0.336. The normalized spacial score (nSPS) is 20.2. The number of pyridine rings is 1. The number of fused-ring (bicyclic) bond motifs is 3. The zero-order valence-corrected chi connectivity index (χ0v) is 24.2. The smallest absolute Gasteiger partial charge is 0.410 e. The number of rotatable bonds is 6. The molecule has 10 heteroatoms. The Morgan fingerprint density at radius 2 is 1.80 bits per heavy atom. The number of aromatic nitrogens is 3. The van der Waals surface area contributed by atoms with E-state index in [2.05, 4.69) is 22.1 Å². The Morgan fingerprint density at radius 1 is 1.07 bits per heavy atom. The van der Waals surface area contributed by atoms with Gasteiger partial charge in [-0.05, 0) is 70.4 Å². The average molecular weight is 551 g/mol. The van der Waals surface area contributed by atoms with Gasteiger partial charge in [-0.2, -0.15) is 4.98 Å². The maximum absolute atomic E-state index is 14.1. The molecule has 0 spiro atoms. The molecule has 1 amide bonds. The first-order chi connectivity index (χ1) is 19.1. The Labute approximate surface area is 235 Å². The van der Waals surface area contributed by atoms with Gasteiger partial charge in [0.25, 0.3) is 5.56 Å². The molecule has 216 valence electrons. The molecule has 1 aromatic carbocycles. The van der Waals surface area contributed by atoms with Gasteiger partial charge in [0, 0.05) is 56.0 Å². The Balaban J connectivity index is 1.49. The molecule has 5 rings (SSSR count). The van der Waals surface area contributed by atoms with Crippen molar-refractivity contribution in [2.45, 2.75) is 84.0 Å². The third-order valence-electron chi connectivity index (χ3n) is 7.88. The second kappa shape index (κ2) is 11.6. The Bertz CT molecular complexity index is 1420. The summed E-state index contributed by atoms with van der Waals surface area (Å²) < 4.78 is 7.39. The fraction of sp³-hybridized carbons (Fsp3) is 0.600. The highest BCUT2D eigenvalue weighted by Gasteiger charge is 2.28. The number of ether oxygens (including phenoxy) is 1. The number of nitrogens with one attached hydrogen (secondary N) is 1. The predicted octanol–water partition coefficient (Wildman–Crippen LogP) is 4.69. The van der Waals surface area contributed by atoms with E-state index < -0.39 is 5.60 Å². The number of unbranched alkanes of at least 4 members (excludes halogenated alkanes) is 1. The molecule has 40 heavy (non-hydrogen) atoms. The van der Waals surface area contributed by atoms with E-state index in [-0.39, 0.29) is 23.8 Å². The molecule has 1 saturated carbocycles. The highest BCUT2D eigenvalue weighted by Crippen LogP contribution is 2.33. The molecule has 2 fully saturated rings. The molecule has 0 atom stereocenters. The van der Waals surface area contributed by atoms with Crippen LogP contribution in [-0.2, 0) is 4.74 Å². The number of hydrogen-bond donors (Lipinski definition) is 2. The van der Waals surface area contributed by atoms with Crippen LogP contribution in [0.15, 0.2) is 29.2 Å². The van der Waals surface area contributed by atoms with Crippen molar-refractivity contribution in [2.75, 3.05) is 42.9 Å². The Hall–Kier alpha value is -3.40. The van der Waals surface area contributed by atoms with E-state index in [9.17, 15) is 14.7 Å². The molecule has 1 aliphatic carbocycles. The molecule has 2 N–H and O–H groups in total. The second-order valence-electron chi connectivity index (χ2n) is 12.0. The van der Waals surface area contributed by atoms with Gasteiger partial charge in [0.1, 0.15) is 11.2 Å². The van der Waals surface area contributed by atoms with Gasteiger partial charge in [-0.25, -0.2) is 9.78 Å². The van der Waals surface area contributed by atoms with Crippen molar-refractivity contribution in [3.05, 3.63) is 34.7 Å². The van der Waals surface area contributed by atoms with E-state index in [1.807, 2.05) is 49.7 Å². The number of anilines is 2. The summed E-state index contributed by atoms with van der Waals surface area (Å²) in [5.41, 5.74) is 1.02. The van der Waals surface area contributed by atoms with Gasteiger partial charge >= 0.3 is 6.09 Å². The highest BCUT2D eigenvalue weighted by atomic mass is 16.6. The van der Waals surface area contributed by atoms with Crippen molar-refractivity contribution < 1.29 is 14.6 Å². The summed E-state index contributed by atoms with van der Waals surface area (Å²) in [6, 6.07) is 5.99. The summed E-state index contributed by atoms with van der Waals surface area (Å²) in [6.45, 7) is 11.0. The van der Waals surface area contributed by atoms with Crippen LogP contribution in [0.4, 0.5) is 16.4 Å². The van der Waals surface area contributed by atoms with Gasteiger partial charge in [-0.1, -0.05) is 19.4 Å². The summed E-state index contributed by atoms with van der Waals surface area (Å²) in [7, 11) is 0. The fourth-order valence-corrected chi connectivity index (χ4v) is 5.70. The average Bonchev–Trinajstić information content (AvgIpc) is 2.93. The lowest BCUT2D eigenvalue weighted by molar-refractivity contribution is 0.0240. The minimum Gasteiger partial charge on any atom is -0.444 e. The molecule has 1 saturated heterocycles. The first-order valence-electron chi connectivity index (χ1n) is 14.6. The lowest BCUT2D eigenvalue weighted by atomic mass is 9.92. The largest absolute Gasteiger partial charge is 0.444 e. The summed E-state index contributed by atoms with van der Waals surface area (Å²) in [5, 5.41) is 15.7. The monoisotopic (exact) mass is 550 g/mol. The van der Waals surface area contributed by atoms with Crippen molar-refractivity contribution in [3.63, 3.8) is 0 Å². The summed E-state index contributed by atoms with van der Waals surface area (Å²) >= 11 is 0. The van der Waals surface area contributed by atoms with Crippen molar-refractivity contribution in [2.24, 2.45) is 0 Å². The number of hydrogen-bond acceptors (Lipinski definition) is 8. The number of benzene rings is 1. The van der Waals surface area contributed by atoms with Crippen LogP contribution in [0.5, 0.6) is 0 Å². The molecule has 0 radical (unpaired) electrons. The lowest BCUT2D eigenvalue weighted by Crippen LogP contribution is -2.50. The zero-order valence-electron chi connectivity index (χ0n) is 24.2. The van der Waals surface area contributed by atoms with Crippen LogP contribution < -0.4 is 15.8 Å². The molecular weight excluding hydrogens is 508 g/mol. The van der Waals surface area contributed by atoms with Crippen LogP contribution in [-0.4, -0.2) is 75.1 Å². The van der Waals surface area contributed by atoms with Crippen molar-refractivity contribution in [1.29, 1.82) is 0 Å². The van der Waals surface area contributed by atoms with E-state index in [0.717, 1.165) is 48.7 Å². The number of aliphatic hydroxyl groups is 1. The molecule has 3 aromatic rings. The maximum Gasteiger partial charge on any atom is 0.410 e. The van der Waals surface area contributed by atoms with Crippen LogP contribution in [0.1, 0.15) is 72.3 Å². The molecule has 0 unspecified atom stereocenters. The van der Waals surface area contributed by atoms with Gasteiger partial charge in [0.15, 0.2) is 0 Å². The summed E-state index contributed by atoms with van der Waals surface area (Å²) in [6.07, 6.45) is 6.11. The van der Waals surface area contributed by atoms with E-state index >= 15 is 0 Å². The minimum absolute atomic E-state index is 0.0257. The Kier molecular flexibility index (Phi) is 8.16. The van der Waals surface area contributed by atoms with Crippen molar-refractivity contribution >= 4 is 39.5 Å². The number of aliphatic hydroxyl groups excluding tert-OH is 1. The second-order valence-corrected chi connectivity index (χ2v) is 12.0. The van der Waals surface area contributed by atoms with Gasteiger partial charge in [0.2, 0.25) is 5.95 Å². The Morgan fingerprint density at radius 3 is 2.48 bits per heavy atom. The van der Waals surface area contributed by atoms with Crippen molar-refractivity contribution in [1.82, 2.24) is 19.4 Å². The first-order valence-corrected chi connectivity index (χ1v) is 14.6. The van der Waals surface area contributed by atoms with E-state index in [4.69, 9.17) is 9.72 Å². The topological polar surface area (TPSA) is 113 Å². The SMILES string of the molecule is CCCCNc1ncc2c3ccc(N4CCN(C(=O)OC(C)(C)C)CC4)cc3c(=O)n(C3CCC(O)CC3)c2n1. The number of carbonyl (C=O) groups is 1. The van der Waals surface area contributed by atoms with Crippen LogP contribution in [0.25, 0.3) is 21.8 Å². The minimum atomic E-state index is -0.526. The standard InChI is InChI=1S/C30H42N6O4/c1-5-6-13-31-28-32-19-25-23-12-9-21(34-14-16-35(17-15-34)29(39)40-30(2,3)4)18-24(23)27(38)36(26(25)33-28)20-7-10-22(37)11-8-20/h9,12,18-20,22,37H,5-8,10-11,13-17H2,1-4H3,(H,31,32,33). The molecule has 2 aliphatic rings. The lowest BCUT2D eigenvalue weighted by Gasteiger charge is -2.36. The third kappa shape index (κ3) is 6.01. The van der Waals surface area contributed by atoms with E-state index in [1.165, 1.54) is 0 Å². The van der Waals surface area contributed by atoms with Crippen LogP contribution >= 0.6 is 0 Å². The third-order valence-corrected chi connectivity index (χ3v) is 7.88. The molecule has 3 heterocycles. The van der Waals surface area contributed by atoms with Crippen LogP contribution in [0.2, 0.25) is 0 Å². The number of carbonyl (C=O) groups excluding carboxylic acids is 1. The van der Waals surface area contributed by atoms with Gasteiger partial charge in [-0.3, -0.25) is 9.36 Å².